The van der Waals surface area contributed by atoms with E-state index in [-0.39, 0.29) is 5.91 Å². The number of rotatable bonds is 6. The summed E-state index contributed by atoms with van der Waals surface area (Å²) in [6.07, 6.45) is 1.23. The highest BCUT2D eigenvalue weighted by Gasteiger charge is 2.12. The van der Waals surface area contributed by atoms with Gasteiger partial charge in [0.15, 0.2) is 0 Å². The highest BCUT2D eigenvalue weighted by molar-refractivity contribution is 7.00. The first-order valence-corrected chi connectivity index (χ1v) is 7.62. The van der Waals surface area contributed by atoms with Gasteiger partial charge in [-0.1, -0.05) is 25.4 Å². The predicted molar refractivity (Wildman–Crippen MR) is 83.4 cm³/mol. The van der Waals surface area contributed by atoms with Gasteiger partial charge >= 0.3 is 0 Å². The number of hydrogen-bond acceptors (Lipinski definition) is 5. The van der Waals surface area contributed by atoms with Gasteiger partial charge in [-0.05, 0) is 25.1 Å². The summed E-state index contributed by atoms with van der Waals surface area (Å²) < 4.78 is 8.30. The summed E-state index contributed by atoms with van der Waals surface area (Å²) in [4.78, 5) is 11.9. The molecule has 2 aromatic rings. The molecule has 0 aliphatic carbocycles. The first kappa shape index (κ1) is 15.2. The van der Waals surface area contributed by atoms with E-state index in [0.717, 1.165) is 30.2 Å². The molecule has 2 N–H and O–H groups in total. The molecule has 1 aromatic heterocycles. The lowest BCUT2D eigenvalue weighted by molar-refractivity contribution is -0.116. The van der Waals surface area contributed by atoms with Crippen LogP contribution in [0.4, 0.5) is 5.69 Å². The molecule has 0 atom stereocenters. The minimum atomic E-state index is -0.0574. The number of hydrogen-bond donors (Lipinski definition) is 2. The minimum absolute atomic E-state index is 0.0574. The molecule has 5 nitrogen and oxygen atoms in total. The molecule has 0 saturated carbocycles. The maximum absolute atomic E-state index is 11.9. The van der Waals surface area contributed by atoms with E-state index in [9.17, 15) is 4.79 Å². The third kappa shape index (κ3) is 3.88. The number of nitrogens with one attached hydrogen (secondary N) is 2. The van der Waals surface area contributed by atoms with Gasteiger partial charge in [-0.15, -0.1) is 0 Å². The Morgan fingerprint density at radius 3 is 2.95 bits per heavy atom. The first-order chi connectivity index (χ1) is 9.58. The quantitative estimate of drug-likeness (QED) is 0.804. The van der Waals surface area contributed by atoms with Gasteiger partial charge in [0.1, 0.15) is 11.0 Å². The van der Waals surface area contributed by atoms with Crippen molar-refractivity contribution in [3.8, 4) is 0 Å². The second-order valence-electron chi connectivity index (χ2n) is 4.81. The van der Waals surface area contributed by atoms with Crippen LogP contribution in [0.5, 0.6) is 0 Å². The summed E-state index contributed by atoms with van der Waals surface area (Å²) in [5.74, 6) is -0.0574. The zero-order chi connectivity index (χ0) is 14.5. The Bertz CT molecular complexity index is 599. The second-order valence-corrected chi connectivity index (χ2v) is 5.75. The molecule has 2 rings (SSSR count). The third-order valence-corrected chi connectivity index (χ3v) is 3.63. The zero-order valence-electron chi connectivity index (χ0n) is 11.4. The van der Waals surface area contributed by atoms with E-state index in [1.54, 1.807) is 12.1 Å². The summed E-state index contributed by atoms with van der Waals surface area (Å²) in [6.45, 7) is 4.98. The molecule has 1 heterocycles. The van der Waals surface area contributed by atoms with Crippen LogP contribution in [-0.2, 0) is 4.79 Å². The van der Waals surface area contributed by atoms with Gasteiger partial charge in [0.05, 0.1) is 22.4 Å². The standard InChI is InChI=1S/C13H17ClN4OS/c1-8(2)15-7-3-4-11(19)16-12-9(14)5-6-10-13(12)18-20-17-10/h5-6,8,15H,3-4,7H2,1-2H3,(H,16,19). The average Bonchev–Trinajstić information content (AvgIpc) is 2.86. The Hall–Kier alpha value is -1.24. The normalized spacial score (nSPS) is 11.2. The number of nitrogens with zero attached hydrogens (tertiary/aromatic N) is 2. The molecule has 0 unspecified atom stereocenters. The highest BCUT2D eigenvalue weighted by atomic mass is 35.5. The van der Waals surface area contributed by atoms with Gasteiger partial charge in [0.25, 0.3) is 0 Å². The van der Waals surface area contributed by atoms with Crippen molar-refractivity contribution >= 4 is 46.0 Å². The Labute approximate surface area is 127 Å². The molecule has 0 bridgehead atoms. The van der Waals surface area contributed by atoms with Crippen molar-refractivity contribution in [2.75, 3.05) is 11.9 Å². The van der Waals surface area contributed by atoms with E-state index >= 15 is 0 Å². The maximum Gasteiger partial charge on any atom is 0.224 e. The topological polar surface area (TPSA) is 66.9 Å². The minimum Gasteiger partial charge on any atom is -0.323 e. The number of anilines is 1. The number of amides is 1. The van der Waals surface area contributed by atoms with Crippen molar-refractivity contribution in [2.24, 2.45) is 0 Å². The molecule has 0 aliphatic rings. The molecule has 7 heteroatoms. The van der Waals surface area contributed by atoms with Crippen molar-refractivity contribution in [3.05, 3.63) is 17.2 Å². The van der Waals surface area contributed by atoms with Gasteiger partial charge in [-0.2, -0.15) is 8.75 Å². The molecule has 0 aliphatic heterocycles. The SMILES string of the molecule is CC(C)NCCCC(=O)Nc1c(Cl)ccc2nsnc12. The first-order valence-electron chi connectivity index (χ1n) is 6.52. The summed E-state index contributed by atoms with van der Waals surface area (Å²) in [7, 11) is 0. The molecule has 0 saturated heterocycles. The van der Waals surface area contributed by atoms with Crippen molar-refractivity contribution in [1.29, 1.82) is 0 Å². The molecular formula is C13H17ClN4OS. The Morgan fingerprint density at radius 1 is 1.40 bits per heavy atom. The molecule has 1 aromatic carbocycles. The summed E-state index contributed by atoms with van der Waals surface area (Å²) in [5, 5.41) is 6.59. The van der Waals surface area contributed by atoms with Crippen LogP contribution in [0.15, 0.2) is 12.1 Å². The van der Waals surface area contributed by atoms with E-state index in [4.69, 9.17) is 11.6 Å². The van der Waals surface area contributed by atoms with Crippen LogP contribution in [0.25, 0.3) is 11.0 Å². The largest absolute Gasteiger partial charge is 0.323 e. The smallest absolute Gasteiger partial charge is 0.224 e. The fourth-order valence-electron chi connectivity index (χ4n) is 1.79. The Kier molecular flexibility index (Phi) is 5.28. The summed E-state index contributed by atoms with van der Waals surface area (Å²) in [6, 6.07) is 3.95. The highest BCUT2D eigenvalue weighted by Crippen LogP contribution is 2.29. The van der Waals surface area contributed by atoms with E-state index < -0.39 is 0 Å². The number of fused-ring (bicyclic) bond motifs is 1. The molecule has 0 radical (unpaired) electrons. The monoisotopic (exact) mass is 312 g/mol. The molecule has 0 fully saturated rings. The number of carbonyl (C=O) groups excluding carboxylic acids is 1. The molecule has 0 spiro atoms. The van der Waals surface area contributed by atoms with Crippen LogP contribution in [0.1, 0.15) is 26.7 Å². The van der Waals surface area contributed by atoms with Gasteiger partial charge in [0, 0.05) is 12.5 Å². The van der Waals surface area contributed by atoms with Crippen molar-refractivity contribution < 1.29 is 4.79 Å². The van der Waals surface area contributed by atoms with Crippen LogP contribution in [0.3, 0.4) is 0 Å². The molecular weight excluding hydrogens is 296 g/mol. The summed E-state index contributed by atoms with van der Waals surface area (Å²) >= 11 is 7.22. The van der Waals surface area contributed by atoms with Crippen molar-refractivity contribution in [1.82, 2.24) is 14.1 Å². The van der Waals surface area contributed by atoms with Crippen LogP contribution in [0.2, 0.25) is 5.02 Å². The molecule has 1 amide bonds. The van der Waals surface area contributed by atoms with Gasteiger partial charge < -0.3 is 10.6 Å². The lowest BCUT2D eigenvalue weighted by Crippen LogP contribution is -2.24. The number of benzene rings is 1. The van der Waals surface area contributed by atoms with Crippen LogP contribution in [0, 0.1) is 0 Å². The fraction of sp³-hybridized carbons (Fsp3) is 0.462. The number of aromatic nitrogens is 2. The van der Waals surface area contributed by atoms with Gasteiger partial charge in [0.2, 0.25) is 5.91 Å². The van der Waals surface area contributed by atoms with E-state index in [2.05, 4.69) is 33.2 Å². The van der Waals surface area contributed by atoms with E-state index in [0.29, 0.717) is 28.7 Å². The third-order valence-electron chi connectivity index (χ3n) is 2.77. The van der Waals surface area contributed by atoms with E-state index in [1.807, 2.05) is 0 Å². The molecule has 108 valence electrons. The van der Waals surface area contributed by atoms with Crippen molar-refractivity contribution in [2.45, 2.75) is 32.7 Å². The van der Waals surface area contributed by atoms with Gasteiger partial charge in [-0.3, -0.25) is 4.79 Å². The maximum atomic E-state index is 11.9. The Morgan fingerprint density at radius 2 is 2.20 bits per heavy atom. The Balaban J connectivity index is 1.96. The lowest BCUT2D eigenvalue weighted by Gasteiger charge is -2.09. The fourth-order valence-corrected chi connectivity index (χ4v) is 2.53. The van der Waals surface area contributed by atoms with Crippen molar-refractivity contribution in [3.63, 3.8) is 0 Å². The number of carbonyl (C=O) groups is 1. The van der Waals surface area contributed by atoms with Gasteiger partial charge in [-0.25, -0.2) is 0 Å². The average molecular weight is 313 g/mol. The predicted octanol–water partition coefficient (Wildman–Crippen LogP) is 3.06. The van der Waals surface area contributed by atoms with Crippen LogP contribution < -0.4 is 10.6 Å². The lowest BCUT2D eigenvalue weighted by atomic mass is 10.2. The van der Waals surface area contributed by atoms with Crippen LogP contribution in [-0.4, -0.2) is 27.2 Å². The van der Waals surface area contributed by atoms with Crippen LogP contribution >= 0.6 is 23.3 Å². The summed E-state index contributed by atoms with van der Waals surface area (Å²) in [5.41, 5.74) is 1.95. The second kappa shape index (κ2) is 6.97. The number of halogens is 1. The zero-order valence-corrected chi connectivity index (χ0v) is 13.0. The van der Waals surface area contributed by atoms with E-state index in [1.165, 1.54) is 0 Å². The molecule has 20 heavy (non-hydrogen) atoms.